The number of halogens is 2. The highest BCUT2D eigenvalue weighted by Crippen LogP contribution is 2.23. The van der Waals surface area contributed by atoms with Crippen LogP contribution >= 0.6 is 11.6 Å². The Hall–Kier alpha value is -2.39. The fraction of sp³-hybridized carbons (Fsp3) is 0.526. The van der Waals surface area contributed by atoms with Crippen LogP contribution in [0.15, 0.2) is 16.9 Å². The van der Waals surface area contributed by atoms with Gasteiger partial charge in [0.25, 0.3) is 5.56 Å². The summed E-state index contributed by atoms with van der Waals surface area (Å²) in [5.74, 6) is -0.403. The van der Waals surface area contributed by atoms with E-state index < -0.39 is 29.1 Å². The van der Waals surface area contributed by atoms with Crippen molar-refractivity contribution >= 4 is 28.6 Å². The van der Waals surface area contributed by atoms with Crippen molar-refractivity contribution in [2.24, 2.45) is 5.73 Å². The summed E-state index contributed by atoms with van der Waals surface area (Å²) in [5, 5.41) is 1.87. The summed E-state index contributed by atoms with van der Waals surface area (Å²) < 4.78 is 21.0. The van der Waals surface area contributed by atoms with Gasteiger partial charge in [0, 0.05) is 13.1 Å². The van der Waals surface area contributed by atoms with Crippen LogP contribution in [0.4, 0.5) is 9.18 Å². The lowest BCUT2D eigenvalue weighted by Crippen LogP contribution is -2.57. The third-order valence-electron chi connectivity index (χ3n) is 4.53. The summed E-state index contributed by atoms with van der Waals surface area (Å²) >= 11 is 6.16. The molecule has 8 nitrogen and oxygen atoms in total. The first-order chi connectivity index (χ1) is 13.5. The van der Waals surface area contributed by atoms with Crippen LogP contribution in [-0.4, -0.2) is 52.4 Å². The predicted octanol–water partition coefficient (Wildman–Crippen LogP) is 2.40. The maximum atomic E-state index is 14.3. The standard InChI is InChI=1S/C19H25ClFN5O3/c1-11(22)16-23-15-13(21)6-5-12(20)14(15)17(27)26(16)25-9-7-24(8-10-25)18(28)29-19(2,3)4/h5-6,11H,7-10,22H2,1-4H3. The number of fused-ring (bicyclic) bond motifs is 1. The minimum Gasteiger partial charge on any atom is -0.444 e. The highest BCUT2D eigenvalue weighted by atomic mass is 35.5. The Morgan fingerprint density at radius 2 is 1.90 bits per heavy atom. The summed E-state index contributed by atoms with van der Waals surface area (Å²) in [6.07, 6.45) is -0.404. The van der Waals surface area contributed by atoms with Crippen molar-refractivity contribution in [1.82, 2.24) is 14.6 Å². The van der Waals surface area contributed by atoms with E-state index in [9.17, 15) is 14.0 Å². The SMILES string of the molecule is CC(N)c1nc2c(F)ccc(Cl)c2c(=O)n1N1CCN(C(=O)OC(C)(C)C)CC1. The Bertz CT molecular complexity index is 994. The van der Waals surface area contributed by atoms with Gasteiger partial charge in [-0.1, -0.05) is 11.6 Å². The van der Waals surface area contributed by atoms with Crippen LogP contribution in [0.2, 0.25) is 5.02 Å². The third kappa shape index (κ3) is 4.30. The molecule has 0 bridgehead atoms. The van der Waals surface area contributed by atoms with Crippen molar-refractivity contribution in [3.8, 4) is 0 Å². The number of hydrogen-bond donors (Lipinski definition) is 1. The zero-order valence-corrected chi connectivity index (χ0v) is 17.7. The maximum absolute atomic E-state index is 14.3. The number of ether oxygens (including phenoxy) is 1. The quantitative estimate of drug-likeness (QED) is 0.794. The Morgan fingerprint density at radius 3 is 2.45 bits per heavy atom. The van der Waals surface area contributed by atoms with Crippen LogP contribution < -0.4 is 16.3 Å². The van der Waals surface area contributed by atoms with E-state index in [4.69, 9.17) is 22.1 Å². The molecule has 1 aromatic carbocycles. The molecule has 2 aromatic rings. The van der Waals surface area contributed by atoms with Crippen LogP contribution in [0.1, 0.15) is 39.6 Å². The number of amides is 1. The number of nitrogens with zero attached hydrogens (tertiary/aromatic N) is 4. The molecule has 29 heavy (non-hydrogen) atoms. The monoisotopic (exact) mass is 425 g/mol. The number of carbonyl (C=O) groups excluding carboxylic acids is 1. The van der Waals surface area contributed by atoms with E-state index in [-0.39, 0.29) is 21.7 Å². The van der Waals surface area contributed by atoms with E-state index in [2.05, 4.69) is 4.98 Å². The van der Waals surface area contributed by atoms with Gasteiger partial charge in [-0.15, -0.1) is 0 Å². The second-order valence-electron chi connectivity index (χ2n) is 8.05. The minimum atomic E-state index is -0.634. The summed E-state index contributed by atoms with van der Waals surface area (Å²) in [7, 11) is 0. The number of nitrogens with two attached hydrogens (primary N) is 1. The predicted molar refractivity (Wildman–Crippen MR) is 109 cm³/mol. The Morgan fingerprint density at radius 1 is 1.28 bits per heavy atom. The first-order valence-electron chi connectivity index (χ1n) is 9.39. The number of carbonyl (C=O) groups is 1. The lowest BCUT2D eigenvalue weighted by molar-refractivity contribution is 0.0231. The Kier molecular flexibility index (Phi) is 5.73. The molecule has 2 heterocycles. The fourth-order valence-electron chi connectivity index (χ4n) is 3.20. The molecule has 2 N–H and O–H groups in total. The van der Waals surface area contributed by atoms with E-state index in [0.29, 0.717) is 26.2 Å². The molecule has 1 aliphatic heterocycles. The molecule has 1 amide bonds. The highest BCUT2D eigenvalue weighted by molar-refractivity contribution is 6.35. The number of hydrogen-bond acceptors (Lipinski definition) is 6. The van der Waals surface area contributed by atoms with Gasteiger partial charge < -0.3 is 20.4 Å². The first-order valence-corrected chi connectivity index (χ1v) is 9.77. The van der Waals surface area contributed by atoms with Gasteiger partial charge in [0.05, 0.1) is 29.5 Å². The normalized spacial score (nSPS) is 16.2. The smallest absolute Gasteiger partial charge is 0.410 e. The van der Waals surface area contributed by atoms with Crippen LogP contribution in [0.5, 0.6) is 0 Å². The third-order valence-corrected chi connectivity index (χ3v) is 4.84. The molecular weight excluding hydrogens is 401 g/mol. The topological polar surface area (TPSA) is 93.7 Å². The summed E-state index contributed by atoms with van der Waals surface area (Å²) in [6, 6.07) is 1.89. The van der Waals surface area contributed by atoms with Gasteiger partial charge in [0.1, 0.15) is 22.8 Å². The summed E-state index contributed by atoms with van der Waals surface area (Å²) in [6.45, 7) is 8.52. The highest BCUT2D eigenvalue weighted by Gasteiger charge is 2.29. The minimum absolute atomic E-state index is 0.00522. The second-order valence-corrected chi connectivity index (χ2v) is 8.46. The molecule has 1 fully saturated rings. The molecule has 158 valence electrons. The van der Waals surface area contributed by atoms with Crippen molar-refractivity contribution in [3.05, 3.63) is 39.2 Å². The van der Waals surface area contributed by atoms with Crippen LogP contribution in [0, 0.1) is 5.82 Å². The lowest BCUT2D eigenvalue weighted by atomic mass is 10.2. The Labute approximate surface area is 173 Å². The summed E-state index contributed by atoms with van der Waals surface area (Å²) in [5.41, 5.74) is 4.85. The van der Waals surface area contributed by atoms with E-state index in [1.165, 1.54) is 16.8 Å². The Balaban J connectivity index is 1.96. The van der Waals surface area contributed by atoms with Crippen molar-refractivity contribution in [1.29, 1.82) is 0 Å². The van der Waals surface area contributed by atoms with Crippen LogP contribution in [-0.2, 0) is 4.74 Å². The molecule has 0 spiro atoms. The van der Waals surface area contributed by atoms with Crippen LogP contribution in [0.3, 0.4) is 0 Å². The molecule has 0 radical (unpaired) electrons. The van der Waals surface area contributed by atoms with Crippen LogP contribution in [0.25, 0.3) is 10.9 Å². The molecule has 1 aliphatic rings. The zero-order valence-electron chi connectivity index (χ0n) is 16.9. The molecule has 3 rings (SSSR count). The van der Waals surface area contributed by atoms with E-state index >= 15 is 0 Å². The lowest BCUT2D eigenvalue weighted by Gasteiger charge is -2.38. The summed E-state index contributed by atoms with van der Waals surface area (Å²) in [4.78, 5) is 31.4. The molecule has 1 saturated heterocycles. The van der Waals surface area contributed by atoms with Gasteiger partial charge in [0.15, 0.2) is 0 Å². The average molecular weight is 426 g/mol. The fourth-order valence-corrected chi connectivity index (χ4v) is 3.43. The average Bonchev–Trinajstić information content (AvgIpc) is 2.63. The molecule has 0 saturated carbocycles. The molecule has 1 aromatic heterocycles. The molecule has 10 heteroatoms. The zero-order chi connectivity index (χ0) is 21.5. The van der Waals surface area contributed by atoms with Gasteiger partial charge in [-0.2, -0.15) is 0 Å². The largest absolute Gasteiger partial charge is 0.444 e. The number of benzene rings is 1. The van der Waals surface area contributed by atoms with E-state index in [0.717, 1.165) is 0 Å². The molecule has 1 atom stereocenters. The number of rotatable bonds is 2. The van der Waals surface area contributed by atoms with Crippen molar-refractivity contribution in [3.63, 3.8) is 0 Å². The molecule has 1 unspecified atom stereocenters. The number of aromatic nitrogens is 2. The first kappa shape index (κ1) is 21.3. The second kappa shape index (κ2) is 7.79. The van der Waals surface area contributed by atoms with E-state index in [1.54, 1.807) is 37.6 Å². The van der Waals surface area contributed by atoms with Gasteiger partial charge in [-0.05, 0) is 39.8 Å². The molecular formula is C19H25ClFN5O3. The van der Waals surface area contributed by atoms with Crippen molar-refractivity contribution in [2.75, 3.05) is 31.2 Å². The number of piperazine rings is 1. The van der Waals surface area contributed by atoms with Gasteiger partial charge in [0.2, 0.25) is 0 Å². The maximum Gasteiger partial charge on any atom is 0.410 e. The van der Waals surface area contributed by atoms with Crippen molar-refractivity contribution in [2.45, 2.75) is 39.3 Å². The van der Waals surface area contributed by atoms with Gasteiger partial charge >= 0.3 is 6.09 Å². The van der Waals surface area contributed by atoms with Gasteiger partial charge in [-0.3, -0.25) is 4.79 Å². The molecule has 0 aliphatic carbocycles. The van der Waals surface area contributed by atoms with Gasteiger partial charge in [-0.25, -0.2) is 18.8 Å². The van der Waals surface area contributed by atoms with E-state index in [1.807, 2.05) is 0 Å². The van der Waals surface area contributed by atoms with Crippen molar-refractivity contribution < 1.29 is 13.9 Å².